The lowest BCUT2D eigenvalue weighted by Gasteiger charge is -2.10. The Morgan fingerprint density at radius 2 is 1.21 bits per heavy atom. The molecule has 0 aliphatic carbocycles. The van der Waals surface area contributed by atoms with Crippen molar-refractivity contribution in [1.82, 2.24) is 0 Å². The lowest BCUT2D eigenvalue weighted by molar-refractivity contribution is 0.484. The summed E-state index contributed by atoms with van der Waals surface area (Å²) in [4.78, 5) is 0.356. The number of hydrogen-bond acceptors (Lipinski definition) is 3. The van der Waals surface area contributed by atoms with Crippen molar-refractivity contribution in [3.63, 3.8) is 0 Å². The molecule has 4 heteroatoms. The van der Waals surface area contributed by atoms with Crippen LogP contribution in [0, 0.1) is 0 Å². The van der Waals surface area contributed by atoms with E-state index in [1.807, 2.05) is 24.3 Å². The zero-order valence-electron chi connectivity index (χ0n) is 12.9. The van der Waals surface area contributed by atoms with Crippen LogP contribution in [0.5, 0.6) is 5.75 Å². The summed E-state index contributed by atoms with van der Waals surface area (Å²) in [5, 5.41) is 0. The molecule has 0 fully saturated rings. The molecule has 0 atom stereocenters. The molecule has 0 spiro atoms. The van der Waals surface area contributed by atoms with Crippen LogP contribution in [0.25, 0.3) is 4.91 Å². The van der Waals surface area contributed by atoms with Crippen molar-refractivity contribution in [2.24, 2.45) is 0 Å². The van der Waals surface area contributed by atoms with Gasteiger partial charge in [0.1, 0.15) is 16.9 Å². The maximum Gasteiger partial charge on any atom is 0.210 e. The fraction of sp³-hybridized carbons (Fsp3) is 0. The molecule has 0 aliphatic heterocycles. The molecule has 0 amide bonds. The number of para-hydroxylation sites is 1. The topological polar surface area (TPSA) is 43.4 Å². The second-order valence-electron chi connectivity index (χ2n) is 5.10. The van der Waals surface area contributed by atoms with Gasteiger partial charge in [0.25, 0.3) is 0 Å². The van der Waals surface area contributed by atoms with Crippen molar-refractivity contribution in [1.29, 1.82) is 0 Å². The van der Waals surface area contributed by atoms with E-state index in [1.165, 1.54) is 6.26 Å². The van der Waals surface area contributed by atoms with Crippen molar-refractivity contribution in [3.8, 4) is 5.75 Å². The van der Waals surface area contributed by atoms with Gasteiger partial charge in [0.2, 0.25) is 9.84 Å². The minimum atomic E-state index is -3.69. The number of hydrogen-bond donors (Lipinski definition) is 0. The van der Waals surface area contributed by atoms with E-state index in [1.54, 1.807) is 66.7 Å². The molecule has 0 aromatic heterocycles. The number of ether oxygens (including phenoxy) is 1. The van der Waals surface area contributed by atoms with Crippen molar-refractivity contribution < 1.29 is 13.2 Å². The van der Waals surface area contributed by atoms with Crippen molar-refractivity contribution in [2.45, 2.75) is 4.90 Å². The molecule has 0 bridgehead atoms. The number of sulfone groups is 1. The monoisotopic (exact) mass is 336 g/mol. The fourth-order valence-electron chi connectivity index (χ4n) is 2.24. The first-order valence-electron chi connectivity index (χ1n) is 7.45. The van der Waals surface area contributed by atoms with Gasteiger partial charge in [-0.2, -0.15) is 0 Å². The maximum absolute atomic E-state index is 13.0. The van der Waals surface area contributed by atoms with Crippen LogP contribution < -0.4 is 4.74 Å². The van der Waals surface area contributed by atoms with Crippen LogP contribution in [0.15, 0.2) is 102 Å². The predicted octanol–water partition coefficient (Wildman–Crippen LogP) is 4.54. The van der Waals surface area contributed by atoms with Crippen LogP contribution in [-0.4, -0.2) is 8.42 Å². The third-order valence-corrected chi connectivity index (χ3v) is 5.25. The predicted molar refractivity (Wildman–Crippen MR) is 95.1 cm³/mol. The molecule has 120 valence electrons. The summed E-state index contributed by atoms with van der Waals surface area (Å²) >= 11 is 0. The molecule has 0 saturated carbocycles. The van der Waals surface area contributed by atoms with Crippen LogP contribution in [-0.2, 0) is 9.84 Å². The largest absolute Gasteiger partial charge is 0.464 e. The summed E-state index contributed by atoms with van der Waals surface area (Å²) in [6.07, 6.45) is 1.30. The van der Waals surface area contributed by atoms with E-state index >= 15 is 0 Å². The highest BCUT2D eigenvalue weighted by atomic mass is 32.2. The third-order valence-electron chi connectivity index (χ3n) is 3.45. The molecule has 0 aliphatic rings. The van der Waals surface area contributed by atoms with Gasteiger partial charge >= 0.3 is 0 Å². The van der Waals surface area contributed by atoms with E-state index in [2.05, 4.69) is 0 Å². The Labute approximate surface area is 141 Å². The molecular weight excluding hydrogens is 320 g/mol. The third kappa shape index (κ3) is 3.55. The Balaban J connectivity index is 2.06. The summed E-state index contributed by atoms with van der Waals surface area (Å²) in [6, 6.07) is 26.4. The van der Waals surface area contributed by atoms with Gasteiger partial charge in [0.05, 0.1) is 4.90 Å². The van der Waals surface area contributed by atoms with Crippen molar-refractivity contribution >= 4 is 14.7 Å². The van der Waals surface area contributed by atoms with E-state index < -0.39 is 9.84 Å². The highest BCUT2D eigenvalue weighted by Gasteiger charge is 2.22. The SMILES string of the molecule is O=S(=O)(/C(=C\Oc1ccccc1)c1ccccc1)c1ccccc1. The Bertz CT molecular complexity index is 916. The lowest BCUT2D eigenvalue weighted by atomic mass is 10.2. The van der Waals surface area contributed by atoms with Crippen LogP contribution >= 0.6 is 0 Å². The van der Waals surface area contributed by atoms with E-state index in [4.69, 9.17) is 4.74 Å². The second kappa shape index (κ2) is 7.15. The van der Waals surface area contributed by atoms with Crippen LogP contribution in [0.1, 0.15) is 5.56 Å². The van der Waals surface area contributed by atoms with Gasteiger partial charge in [-0.15, -0.1) is 0 Å². The second-order valence-corrected chi connectivity index (χ2v) is 7.01. The quantitative estimate of drug-likeness (QED) is 0.643. The highest BCUT2D eigenvalue weighted by molar-refractivity contribution is 8.00. The normalized spacial score (nSPS) is 11.9. The smallest absolute Gasteiger partial charge is 0.210 e. The average molecular weight is 336 g/mol. The number of rotatable bonds is 5. The first kappa shape index (κ1) is 16.0. The molecular formula is C20H16O3S. The minimum Gasteiger partial charge on any atom is -0.464 e. The Kier molecular flexibility index (Phi) is 4.77. The van der Waals surface area contributed by atoms with Gasteiger partial charge in [0, 0.05) is 0 Å². The van der Waals surface area contributed by atoms with Crippen LogP contribution in [0.2, 0.25) is 0 Å². The zero-order chi connectivity index (χ0) is 16.8. The van der Waals surface area contributed by atoms with E-state index in [9.17, 15) is 8.42 Å². The van der Waals surface area contributed by atoms with Crippen molar-refractivity contribution in [2.75, 3.05) is 0 Å². The number of benzene rings is 3. The molecule has 3 aromatic carbocycles. The lowest BCUT2D eigenvalue weighted by Crippen LogP contribution is -2.05. The van der Waals surface area contributed by atoms with Gasteiger partial charge in [0.15, 0.2) is 0 Å². The van der Waals surface area contributed by atoms with Crippen LogP contribution in [0.4, 0.5) is 0 Å². The molecule has 3 rings (SSSR count). The van der Waals surface area contributed by atoms with E-state index in [0.717, 1.165) is 0 Å². The molecule has 3 nitrogen and oxygen atoms in total. The highest BCUT2D eigenvalue weighted by Crippen LogP contribution is 2.28. The summed E-state index contributed by atoms with van der Waals surface area (Å²) in [5.74, 6) is 0.578. The minimum absolute atomic E-state index is 0.123. The van der Waals surface area contributed by atoms with Crippen molar-refractivity contribution in [3.05, 3.63) is 103 Å². The van der Waals surface area contributed by atoms with Gasteiger partial charge in [-0.3, -0.25) is 0 Å². The van der Waals surface area contributed by atoms with Gasteiger partial charge in [-0.05, 0) is 29.8 Å². The van der Waals surface area contributed by atoms with Gasteiger partial charge in [-0.1, -0.05) is 66.7 Å². The van der Waals surface area contributed by atoms with Crippen LogP contribution in [0.3, 0.4) is 0 Å². The summed E-state index contributed by atoms with van der Waals surface area (Å²) in [5.41, 5.74) is 0.581. The molecule has 24 heavy (non-hydrogen) atoms. The fourth-order valence-corrected chi connectivity index (χ4v) is 3.63. The average Bonchev–Trinajstić information content (AvgIpc) is 2.64. The Hall–Kier alpha value is -2.85. The Morgan fingerprint density at radius 1 is 0.708 bits per heavy atom. The standard InChI is InChI=1S/C20H16O3S/c21-24(22,19-14-8-3-9-15-19)20(17-10-4-1-5-11-17)16-23-18-12-6-2-7-13-18/h1-16H/b20-16-. The maximum atomic E-state index is 13.0. The summed E-state index contributed by atoms with van der Waals surface area (Å²) < 4.78 is 31.6. The molecule has 0 unspecified atom stereocenters. The summed E-state index contributed by atoms with van der Waals surface area (Å²) in [7, 11) is -3.69. The Morgan fingerprint density at radius 3 is 1.79 bits per heavy atom. The summed E-state index contributed by atoms with van der Waals surface area (Å²) in [6.45, 7) is 0. The molecule has 0 heterocycles. The zero-order valence-corrected chi connectivity index (χ0v) is 13.7. The molecule has 3 aromatic rings. The van der Waals surface area contributed by atoms with Gasteiger partial charge in [-0.25, -0.2) is 8.42 Å². The first-order chi connectivity index (χ1) is 11.7. The van der Waals surface area contributed by atoms with E-state index in [-0.39, 0.29) is 9.80 Å². The van der Waals surface area contributed by atoms with E-state index in [0.29, 0.717) is 11.3 Å². The first-order valence-corrected chi connectivity index (χ1v) is 8.94. The molecule has 0 N–H and O–H groups in total. The molecule has 0 radical (unpaired) electrons. The van der Waals surface area contributed by atoms with Gasteiger partial charge < -0.3 is 4.74 Å². The molecule has 0 saturated heterocycles.